The van der Waals surface area contributed by atoms with Gasteiger partial charge in [-0.25, -0.2) is 14.3 Å². The number of rotatable bonds is 5. The van der Waals surface area contributed by atoms with Gasteiger partial charge in [0.05, 0.1) is 17.9 Å². The number of nitrogens with one attached hydrogen (secondary N) is 1. The van der Waals surface area contributed by atoms with E-state index < -0.39 is 0 Å². The summed E-state index contributed by atoms with van der Waals surface area (Å²) in [4.78, 5) is 16.6. The molecule has 0 aliphatic heterocycles. The lowest BCUT2D eigenvalue weighted by Gasteiger charge is -2.06. The molecule has 0 saturated heterocycles. The van der Waals surface area contributed by atoms with Gasteiger partial charge in [-0.3, -0.25) is 10.1 Å². The number of carbonyl (C=O) groups excluding carboxylic acids is 1. The molecule has 0 spiro atoms. The van der Waals surface area contributed by atoms with Crippen LogP contribution in [0.3, 0.4) is 0 Å². The zero-order valence-corrected chi connectivity index (χ0v) is 15.7. The molecule has 2 aromatic carbocycles. The van der Waals surface area contributed by atoms with Crippen LogP contribution < -0.4 is 5.32 Å². The molecule has 0 radical (unpaired) electrons. The maximum Gasteiger partial charge on any atom is 0.258 e. The van der Waals surface area contributed by atoms with Gasteiger partial charge in [0.25, 0.3) is 5.91 Å². The first-order valence-corrected chi connectivity index (χ1v) is 8.97. The molecule has 4 aromatic rings. The minimum Gasteiger partial charge on any atom is -0.289 e. The molecule has 0 aliphatic carbocycles. The van der Waals surface area contributed by atoms with Crippen LogP contribution in [0, 0.1) is 13.8 Å². The fraction of sp³-hybridized carbons (Fsp3) is 0.143. The molecule has 2 aromatic heterocycles. The van der Waals surface area contributed by atoms with E-state index in [0.717, 1.165) is 22.6 Å². The van der Waals surface area contributed by atoms with Gasteiger partial charge >= 0.3 is 0 Å². The van der Waals surface area contributed by atoms with Crippen LogP contribution >= 0.6 is 0 Å². The molecule has 4 rings (SSSR count). The lowest BCUT2D eigenvalue weighted by Crippen LogP contribution is -2.13. The average Bonchev–Trinajstić information content (AvgIpc) is 3.28. The monoisotopic (exact) mass is 372 g/mol. The zero-order chi connectivity index (χ0) is 19.5. The van der Waals surface area contributed by atoms with Crippen molar-refractivity contribution in [3.8, 4) is 5.69 Å². The van der Waals surface area contributed by atoms with Crippen molar-refractivity contribution in [1.82, 2.24) is 24.5 Å². The van der Waals surface area contributed by atoms with Crippen molar-refractivity contribution in [3.63, 3.8) is 0 Å². The molecule has 0 bridgehead atoms. The molecule has 7 heteroatoms. The van der Waals surface area contributed by atoms with Crippen LogP contribution in [0.1, 0.15) is 27.3 Å². The molecular weight excluding hydrogens is 352 g/mol. The van der Waals surface area contributed by atoms with Crippen LogP contribution in [0.5, 0.6) is 0 Å². The summed E-state index contributed by atoms with van der Waals surface area (Å²) in [5.41, 5.74) is 4.56. The van der Waals surface area contributed by atoms with Crippen molar-refractivity contribution < 1.29 is 4.79 Å². The van der Waals surface area contributed by atoms with Crippen molar-refractivity contribution in [1.29, 1.82) is 0 Å². The Kier molecular flexibility index (Phi) is 4.72. The number of carbonyl (C=O) groups is 1. The molecule has 0 atom stereocenters. The van der Waals surface area contributed by atoms with E-state index in [9.17, 15) is 4.79 Å². The quantitative estimate of drug-likeness (QED) is 0.583. The standard InChI is InChI=1S/C21H20N6O/c1-15-12-16(2)27(24-15)19-10-8-18(9-11-19)20(28)23-21-22-14-26(25-21)13-17-6-4-3-5-7-17/h3-12,14H,13H2,1-2H3,(H,23,25,28). The molecule has 0 aliphatic rings. The Bertz CT molecular complexity index is 1100. The number of hydrogen-bond acceptors (Lipinski definition) is 4. The zero-order valence-electron chi connectivity index (χ0n) is 15.7. The molecule has 1 amide bonds. The molecule has 0 saturated carbocycles. The van der Waals surface area contributed by atoms with E-state index in [2.05, 4.69) is 20.5 Å². The van der Waals surface area contributed by atoms with Crippen LogP contribution in [-0.4, -0.2) is 30.5 Å². The van der Waals surface area contributed by atoms with Crippen LogP contribution in [0.2, 0.25) is 0 Å². The second-order valence-corrected chi connectivity index (χ2v) is 6.59. The third kappa shape index (κ3) is 3.83. The Morgan fingerprint density at radius 3 is 2.43 bits per heavy atom. The van der Waals surface area contributed by atoms with Gasteiger partial charge in [0.1, 0.15) is 6.33 Å². The van der Waals surface area contributed by atoms with Crippen LogP contribution in [0.4, 0.5) is 5.95 Å². The number of hydrogen-bond donors (Lipinski definition) is 1. The van der Waals surface area contributed by atoms with Crippen molar-refractivity contribution in [2.45, 2.75) is 20.4 Å². The topological polar surface area (TPSA) is 77.6 Å². The van der Waals surface area contributed by atoms with E-state index >= 15 is 0 Å². The molecule has 140 valence electrons. The van der Waals surface area contributed by atoms with Gasteiger partial charge in [0, 0.05) is 11.3 Å². The fourth-order valence-electron chi connectivity index (χ4n) is 3.02. The van der Waals surface area contributed by atoms with Gasteiger partial charge in [-0.15, -0.1) is 5.10 Å². The van der Waals surface area contributed by atoms with Crippen molar-refractivity contribution >= 4 is 11.9 Å². The summed E-state index contributed by atoms with van der Waals surface area (Å²) in [7, 11) is 0. The molecule has 1 N–H and O–H groups in total. The largest absolute Gasteiger partial charge is 0.289 e. The van der Waals surface area contributed by atoms with Gasteiger partial charge in [-0.1, -0.05) is 30.3 Å². The summed E-state index contributed by atoms with van der Waals surface area (Å²) in [6, 6.07) is 19.2. The normalized spacial score (nSPS) is 10.8. The van der Waals surface area contributed by atoms with E-state index in [1.807, 2.05) is 67.1 Å². The van der Waals surface area contributed by atoms with Gasteiger partial charge in [0.15, 0.2) is 0 Å². The molecule has 28 heavy (non-hydrogen) atoms. The van der Waals surface area contributed by atoms with Crippen molar-refractivity contribution in [3.05, 3.63) is 89.5 Å². The van der Waals surface area contributed by atoms with E-state index in [1.54, 1.807) is 23.1 Å². The summed E-state index contributed by atoms with van der Waals surface area (Å²) in [5, 5.41) is 11.5. The van der Waals surface area contributed by atoms with E-state index in [4.69, 9.17) is 0 Å². The van der Waals surface area contributed by atoms with Crippen LogP contribution in [-0.2, 0) is 6.54 Å². The summed E-state index contributed by atoms with van der Waals surface area (Å²) in [6.07, 6.45) is 1.61. The Labute approximate surface area is 162 Å². The number of benzene rings is 2. The fourth-order valence-corrected chi connectivity index (χ4v) is 3.02. The number of aromatic nitrogens is 5. The van der Waals surface area contributed by atoms with Gasteiger partial charge in [-0.05, 0) is 49.7 Å². The minimum absolute atomic E-state index is 0.252. The Morgan fingerprint density at radius 2 is 1.75 bits per heavy atom. The number of aryl methyl sites for hydroxylation is 2. The van der Waals surface area contributed by atoms with Gasteiger partial charge < -0.3 is 0 Å². The lowest BCUT2D eigenvalue weighted by atomic mass is 10.2. The molecule has 7 nitrogen and oxygen atoms in total. The van der Waals surface area contributed by atoms with Crippen LogP contribution in [0.25, 0.3) is 5.69 Å². The first kappa shape index (κ1) is 17.7. The van der Waals surface area contributed by atoms with E-state index in [0.29, 0.717) is 12.1 Å². The van der Waals surface area contributed by atoms with E-state index in [1.165, 1.54) is 0 Å². The minimum atomic E-state index is -0.252. The predicted molar refractivity (Wildman–Crippen MR) is 107 cm³/mol. The summed E-state index contributed by atoms with van der Waals surface area (Å²) >= 11 is 0. The molecule has 0 fully saturated rings. The Hall–Kier alpha value is -3.74. The van der Waals surface area contributed by atoms with E-state index in [-0.39, 0.29) is 11.9 Å². The first-order valence-electron chi connectivity index (χ1n) is 8.97. The second kappa shape index (κ2) is 7.48. The SMILES string of the molecule is Cc1cc(C)n(-c2ccc(C(=O)Nc3ncn(Cc4ccccc4)n3)cc2)n1. The van der Waals surface area contributed by atoms with Crippen molar-refractivity contribution in [2.24, 2.45) is 0 Å². The highest BCUT2D eigenvalue weighted by Gasteiger charge is 2.10. The number of nitrogens with zero attached hydrogens (tertiary/aromatic N) is 5. The average molecular weight is 372 g/mol. The molecular formula is C21H20N6O. The Balaban J connectivity index is 1.43. The smallest absolute Gasteiger partial charge is 0.258 e. The predicted octanol–water partition coefficient (Wildman–Crippen LogP) is 3.38. The summed E-state index contributed by atoms with van der Waals surface area (Å²) in [6.45, 7) is 4.55. The highest BCUT2D eigenvalue weighted by atomic mass is 16.1. The maximum absolute atomic E-state index is 12.5. The van der Waals surface area contributed by atoms with Crippen molar-refractivity contribution in [2.75, 3.05) is 5.32 Å². The third-order valence-electron chi connectivity index (χ3n) is 4.33. The summed E-state index contributed by atoms with van der Waals surface area (Å²) < 4.78 is 3.54. The first-order chi connectivity index (χ1) is 13.6. The lowest BCUT2D eigenvalue weighted by molar-refractivity contribution is 0.102. The molecule has 0 unspecified atom stereocenters. The highest BCUT2D eigenvalue weighted by molar-refractivity contribution is 6.03. The molecule has 2 heterocycles. The summed E-state index contributed by atoms with van der Waals surface area (Å²) in [5.74, 6) is 0.0286. The Morgan fingerprint density at radius 1 is 1.00 bits per heavy atom. The maximum atomic E-state index is 12.5. The van der Waals surface area contributed by atoms with Gasteiger partial charge in [0.2, 0.25) is 5.95 Å². The number of anilines is 1. The van der Waals surface area contributed by atoms with Crippen LogP contribution in [0.15, 0.2) is 67.0 Å². The highest BCUT2D eigenvalue weighted by Crippen LogP contribution is 2.14. The third-order valence-corrected chi connectivity index (χ3v) is 4.33. The van der Waals surface area contributed by atoms with Gasteiger partial charge in [-0.2, -0.15) is 5.10 Å². The second-order valence-electron chi connectivity index (χ2n) is 6.59. The number of amides is 1.